The predicted octanol–water partition coefficient (Wildman–Crippen LogP) is 6.10. The maximum absolute atomic E-state index is 14.8. The molecular weight excluding hydrogens is 648 g/mol. The normalized spacial score (nSPS) is 20.5. The number of piperazine rings is 1. The molecule has 0 aromatic heterocycles. The molecule has 3 aliphatic heterocycles. The third kappa shape index (κ3) is 5.44. The molecule has 7 rings (SSSR count). The number of carbonyl (C=O) groups is 2. The van der Waals surface area contributed by atoms with Crippen molar-refractivity contribution in [3.63, 3.8) is 0 Å². The van der Waals surface area contributed by atoms with Gasteiger partial charge in [0.05, 0.1) is 46.6 Å². The van der Waals surface area contributed by atoms with Crippen molar-refractivity contribution in [1.29, 1.82) is 0 Å². The van der Waals surface area contributed by atoms with Crippen LogP contribution in [0, 0.1) is 13.8 Å². The van der Waals surface area contributed by atoms with E-state index in [9.17, 15) is 9.59 Å². The zero-order valence-electron chi connectivity index (χ0n) is 30.1. The number of nitrogens with zero attached hydrogens (tertiary/aromatic N) is 2. The van der Waals surface area contributed by atoms with Crippen molar-refractivity contribution < 1.29 is 38.0 Å². The van der Waals surface area contributed by atoms with Crippen molar-refractivity contribution in [2.75, 3.05) is 35.5 Å². The van der Waals surface area contributed by atoms with E-state index in [0.717, 1.165) is 45.2 Å². The summed E-state index contributed by atoms with van der Waals surface area (Å²) in [6.45, 7) is 4.55. The van der Waals surface area contributed by atoms with Gasteiger partial charge in [-0.15, -0.1) is 0 Å². The molecule has 4 aromatic rings. The number of likely N-dealkylation sites (N-methyl/N-ethyl adjacent to an activating group) is 1. The van der Waals surface area contributed by atoms with E-state index in [1.165, 1.54) is 0 Å². The van der Waals surface area contributed by atoms with E-state index >= 15 is 0 Å². The minimum atomic E-state index is -0.942. The SMILES string of the molecule is COc1c(C)c(OCc2ccccc2)c2c(c1OC)[C@@H]1[C@@H]3Cc4c(OCc5ccccc5)c(C)c(OC)c(OC)c4[C@H](C=O)N3C(=O)[C@H](C2)N1C. The Bertz CT molecular complexity index is 1960. The number of aldehydes is 1. The fourth-order valence-corrected chi connectivity index (χ4v) is 8.52. The van der Waals surface area contributed by atoms with Gasteiger partial charge in [0.25, 0.3) is 0 Å². The second-order valence-electron chi connectivity index (χ2n) is 13.3. The Morgan fingerprint density at radius 2 is 1.14 bits per heavy atom. The number of hydrogen-bond acceptors (Lipinski definition) is 9. The molecule has 0 saturated carbocycles. The molecule has 266 valence electrons. The molecule has 2 bridgehead atoms. The second-order valence-corrected chi connectivity index (χ2v) is 13.3. The molecule has 0 radical (unpaired) electrons. The van der Waals surface area contributed by atoms with Crippen molar-refractivity contribution in [2.45, 2.75) is 64.1 Å². The fourth-order valence-electron chi connectivity index (χ4n) is 8.52. The molecule has 10 heteroatoms. The Labute approximate surface area is 298 Å². The Morgan fingerprint density at radius 3 is 1.61 bits per heavy atom. The van der Waals surface area contributed by atoms with Gasteiger partial charge in [0.15, 0.2) is 23.0 Å². The lowest BCUT2D eigenvalue weighted by Gasteiger charge is -2.56. The van der Waals surface area contributed by atoms with E-state index in [0.29, 0.717) is 66.1 Å². The highest BCUT2D eigenvalue weighted by Crippen LogP contribution is 2.58. The van der Waals surface area contributed by atoms with Crippen LogP contribution in [0.3, 0.4) is 0 Å². The first-order chi connectivity index (χ1) is 24.8. The van der Waals surface area contributed by atoms with Gasteiger partial charge in [-0.05, 0) is 38.4 Å². The topological polar surface area (TPSA) is 96.0 Å². The van der Waals surface area contributed by atoms with Gasteiger partial charge < -0.3 is 38.1 Å². The van der Waals surface area contributed by atoms with Crippen LogP contribution in [0.5, 0.6) is 34.5 Å². The van der Waals surface area contributed by atoms with E-state index in [4.69, 9.17) is 28.4 Å². The maximum Gasteiger partial charge on any atom is 0.241 e. The molecule has 3 heterocycles. The third-order valence-corrected chi connectivity index (χ3v) is 10.8. The van der Waals surface area contributed by atoms with Crippen LogP contribution in [0.4, 0.5) is 0 Å². The van der Waals surface area contributed by atoms with Crippen LogP contribution < -0.4 is 28.4 Å². The molecule has 0 spiro atoms. The van der Waals surface area contributed by atoms with Gasteiger partial charge in [-0.25, -0.2) is 0 Å². The van der Waals surface area contributed by atoms with Crippen molar-refractivity contribution in [3.05, 3.63) is 105 Å². The Morgan fingerprint density at radius 1 is 0.667 bits per heavy atom. The third-order valence-electron chi connectivity index (χ3n) is 10.8. The van der Waals surface area contributed by atoms with Crippen molar-refractivity contribution in [1.82, 2.24) is 9.80 Å². The summed E-state index contributed by atoms with van der Waals surface area (Å²) < 4.78 is 37.2. The summed E-state index contributed by atoms with van der Waals surface area (Å²) in [6, 6.07) is 17.6. The Hall–Kier alpha value is -5.22. The second kappa shape index (κ2) is 13.8. The smallest absolute Gasteiger partial charge is 0.241 e. The standard InChI is InChI=1S/C41H44N2O8/c1-23-35(50-21-25-14-10-8-11-15-25)27-18-29-34-33-28(36(24(2)38(47-5)40(33)49-7)51-22-26-16-12-9-13-17-26)19-30(42(34)3)41(45)43(29)31(20-44)32(27)39(48-6)37(23)46-4/h8-17,20,29-31,34H,18-19,21-22H2,1-7H3/t29-,30-,31-,34-/m0/s1. The lowest BCUT2D eigenvalue weighted by Crippen LogP contribution is -2.66. The molecule has 4 atom stereocenters. The van der Waals surface area contributed by atoms with Gasteiger partial charge in [-0.2, -0.15) is 0 Å². The summed E-state index contributed by atoms with van der Waals surface area (Å²) in [5.74, 6) is 3.24. The van der Waals surface area contributed by atoms with Gasteiger partial charge in [-0.3, -0.25) is 9.69 Å². The van der Waals surface area contributed by atoms with Crippen molar-refractivity contribution in [3.8, 4) is 34.5 Å². The lowest BCUT2D eigenvalue weighted by atomic mass is 9.73. The number of amides is 1. The highest BCUT2D eigenvalue weighted by Gasteiger charge is 2.56. The number of ether oxygens (including phenoxy) is 6. The summed E-state index contributed by atoms with van der Waals surface area (Å²) in [5.41, 5.74) is 6.79. The van der Waals surface area contributed by atoms with Crippen LogP contribution in [0.15, 0.2) is 60.7 Å². The van der Waals surface area contributed by atoms with Crippen LogP contribution in [0.1, 0.15) is 56.6 Å². The molecule has 0 unspecified atom stereocenters. The first-order valence-electron chi connectivity index (χ1n) is 17.2. The first-order valence-corrected chi connectivity index (χ1v) is 17.2. The molecule has 51 heavy (non-hydrogen) atoms. The average molecular weight is 693 g/mol. The summed E-state index contributed by atoms with van der Waals surface area (Å²) in [4.78, 5) is 32.0. The van der Waals surface area contributed by atoms with Crippen LogP contribution in [-0.4, -0.2) is 69.6 Å². The minimum Gasteiger partial charge on any atom is -0.492 e. The zero-order valence-corrected chi connectivity index (χ0v) is 30.1. The highest BCUT2D eigenvalue weighted by molar-refractivity contribution is 5.90. The highest BCUT2D eigenvalue weighted by atomic mass is 16.5. The molecule has 10 nitrogen and oxygen atoms in total. The quantitative estimate of drug-likeness (QED) is 0.173. The number of fused-ring (bicyclic) bond motifs is 7. The molecular formula is C41H44N2O8. The van der Waals surface area contributed by atoms with Crippen LogP contribution >= 0.6 is 0 Å². The maximum atomic E-state index is 14.8. The summed E-state index contributed by atoms with van der Waals surface area (Å²) in [6.07, 6.45) is 1.59. The molecule has 0 aliphatic carbocycles. The number of methoxy groups -OCH3 is 4. The Kier molecular flexibility index (Phi) is 9.28. The Balaban J connectivity index is 1.42. The van der Waals surface area contributed by atoms with Gasteiger partial charge in [0.2, 0.25) is 5.91 Å². The number of carbonyl (C=O) groups excluding carboxylic acids is 2. The van der Waals surface area contributed by atoms with Crippen LogP contribution in [-0.2, 0) is 35.6 Å². The minimum absolute atomic E-state index is 0.137. The molecule has 0 N–H and O–H groups in total. The molecule has 1 amide bonds. The summed E-state index contributed by atoms with van der Waals surface area (Å²) in [7, 11) is 8.37. The predicted molar refractivity (Wildman–Crippen MR) is 191 cm³/mol. The largest absolute Gasteiger partial charge is 0.492 e. The molecule has 1 fully saturated rings. The van der Waals surface area contributed by atoms with Gasteiger partial charge in [0, 0.05) is 39.8 Å². The van der Waals surface area contributed by atoms with Crippen LogP contribution in [0.2, 0.25) is 0 Å². The fraction of sp³-hybridized carbons (Fsp3) is 0.366. The number of benzene rings is 4. The van der Waals surface area contributed by atoms with Crippen molar-refractivity contribution in [2.24, 2.45) is 0 Å². The lowest BCUT2D eigenvalue weighted by molar-refractivity contribution is -0.158. The monoisotopic (exact) mass is 692 g/mol. The molecule has 1 saturated heterocycles. The number of rotatable bonds is 11. The molecule has 4 aromatic carbocycles. The summed E-state index contributed by atoms with van der Waals surface area (Å²) >= 11 is 0. The van der Waals surface area contributed by atoms with Crippen molar-refractivity contribution >= 4 is 12.2 Å². The van der Waals surface area contributed by atoms with E-state index in [2.05, 4.69) is 4.90 Å². The van der Waals surface area contributed by atoms with Gasteiger partial charge in [0.1, 0.15) is 37.0 Å². The summed E-state index contributed by atoms with van der Waals surface area (Å²) in [5, 5.41) is 0. The first kappa shape index (κ1) is 34.2. The van der Waals surface area contributed by atoms with E-state index in [1.54, 1.807) is 33.3 Å². The molecule has 3 aliphatic rings. The van der Waals surface area contributed by atoms with Gasteiger partial charge in [-0.1, -0.05) is 60.7 Å². The number of hydrogen-bond donors (Lipinski definition) is 0. The van der Waals surface area contributed by atoms with Crippen LogP contribution in [0.25, 0.3) is 0 Å². The van der Waals surface area contributed by atoms with E-state index in [1.807, 2.05) is 81.6 Å². The van der Waals surface area contributed by atoms with E-state index < -0.39 is 18.1 Å². The average Bonchev–Trinajstić information content (AvgIpc) is 3.15. The van der Waals surface area contributed by atoms with E-state index in [-0.39, 0.29) is 11.9 Å². The van der Waals surface area contributed by atoms with Gasteiger partial charge >= 0.3 is 0 Å². The zero-order chi connectivity index (χ0) is 36.0.